The fourth-order valence-corrected chi connectivity index (χ4v) is 3.39. The van der Waals surface area contributed by atoms with Crippen LogP contribution in [0.25, 0.3) is 0 Å². The van der Waals surface area contributed by atoms with Gasteiger partial charge < -0.3 is 10.1 Å². The molecule has 1 aromatic rings. The molecule has 0 aliphatic rings. The van der Waals surface area contributed by atoms with E-state index in [-0.39, 0.29) is 17.6 Å². The molecule has 1 heterocycles. The van der Waals surface area contributed by atoms with Gasteiger partial charge in [0.15, 0.2) is 0 Å². The minimum Gasteiger partial charge on any atom is -0.379 e. The predicted molar refractivity (Wildman–Crippen MR) is 91.8 cm³/mol. The molecule has 0 amide bonds. The van der Waals surface area contributed by atoms with Crippen LogP contribution in [0.2, 0.25) is 0 Å². The molecule has 1 rings (SSSR count). The lowest BCUT2D eigenvalue weighted by molar-refractivity contribution is -0.0111. The summed E-state index contributed by atoms with van der Waals surface area (Å²) in [6, 6.07) is 0.262. The van der Waals surface area contributed by atoms with Gasteiger partial charge in [0.1, 0.15) is 0 Å². The van der Waals surface area contributed by atoms with Crippen LogP contribution in [0.3, 0.4) is 0 Å². The van der Waals surface area contributed by atoms with Crippen molar-refractivity contribution >= 4 is 15.9 Å². The Kier molecular flexibility index (Phi) is 6.88. The second-order valence-electron chi connectivity index (χ2n) is 6.55. The van der Waals surface area contributed by atoms with Crippen molar-refractivity contribution in [1.82, 2.24) is 15.1 Å². The monoisotopic (exact) mass is 359 g/mol. The van der Waals surface area contributed by atoms with Gasteiger partial charge >= 0.3 is 0 Å². The summed E-state index contributed by atoms with van der Waals surface area (Å²) >= 11 is 3.69. The summed E-state index contributed by atoms with van der Waals surface area (Å²) in [7, 11) is 1.80. The van der Waals surface area contributed by atoms with E-state index >= 15 is 0 Å². The smallest absolute Gasteiger partial charge is 0.0776 e. The number of nitrogens with zero attached hydrogens (tertiary/aromatic N) is 2. The van der Waals surface area contributed by atoms with Crippen molar-refractivity contribution in [1.29, 1.82) is 0 Å². The van der Waals surface area contributed by atoms with Crippen molar-refractivity contribution in [3.63, 3.8) is 0 Å². The summed E-state index contributed by atoms with van der Waals surface area (Å²) in [5.41, 5.74) is 2.37. The zero-order chi connectivity index (χ0) is 16.2. The zero-order valence-electron chi connectivity index (χ0n) is 14.5. The first-order chi connectivity index (χ1) is 9.76. The fraction of sp³-hybridized carbons (Fsp3) is 0.812. The molecule has 0 fully saturated rings. The standard InChI is InChI=1S/C16H30BrN3O/c1-8-18-12(15(21-7)16(4,5)6)10-13-14(17)11(3)19-20(13)9-2/h12,15,18H,8-10H2,1-7H3. The molecular formula is C16H30BrN3O. The number of rotatable bonds is 7. The first-order valence-corrected chi connectivity index (χ1v) is 8.53. The molecule has 0 spiro atoms. The van der Waals surface area contributed by atoms with Gasteiger partial charge in [0, 0.05) is 26.1 Å². The van der Waals surface area contributed by atoms with Crippen molar-refractivity contribution in [3.8, 4) is 0 Å². The summed E-state index contributed by atoms with van der Waals surface area (Å²) in [5, 5.41) is 8.18. The van der Waals surface area contributed by atoms with Gasteiger partial charge in [-0.25, -0.2) is 0 Å². The highest BCUT2D eigenvalue weighted by atomic mass is 79.9. The Morgan fingerprint density at radius 2 is 1.95 bits per heavy atom. The molecule has 0 bridgehead atoms. The lowest BCUT2D eigenvalue weighted by Gasteiger charge is -2.36. The molecule has 122 valence electrons. The molecule has 5 heteroatoms. The molecule has 0 saturated heterocycles. The predicted octanol–water partition coefficient (Wildman–Crippen LogP) is 3.56. The van der Waals surface area contributed by atoms with E-state index in [1.165, 1.54) is 5.69 Å². The van der Waals surface area contributed by atoms with E-state index in [4.69, 9.17) is 4.74 Å². The summed E-state index contributed by atoms with van der Waals surface area (Å²) in [4.78, 5) is 0. The van der Waals surface area contributed by atoms with Crippen LogP contribution in [0.15, 0.2) is 4.47 Å². The van der Waals surface area contributed by atoms with Gasteiger partial charge in [-0.2, -0.15) is 5.10 Å². The topological polar surface area (TPSA) is 39.1 Å². The average molecular weight is 360 g/mol. The number of nitrogens with one attached hydrogen (secondary N) is 1. The number of aromatic nitrogens is 2. The van der Waals surface area contributed by atoms with Crippen molar-refractivity contribution < 1.29 is 4.74 Å². The molecule has 0 saturated carbocycles. The zero-order valence-corrected chi connectivity index (χ0v) is 16.0. The Labute approximate surface area is 137 Å². The number of likely N-dealkylation sites (N-methyl/N-ethyl adjacent to an activating group) is 1. The Balaban J connectivity index is 3.08. The Morgan fingerprint density at radius 1 is 1.33 bits per heavy atom. The maximum absolute atomic E-state index is 5.81. The molecule has 2 unspecified atom stereocenters. The maximum Gasteiger partial charge on any atom is 0.0776 e. The molecule has 0 aliphatic carbocycles. The summed E-state index contributed by atoms with van der Waals surface area (Å²) in [6.45, 7) is 14.8. The third-order valence-corrected chi connectivity index (χ3v) is 4.84. The van der Waals surface area contributed by atoms with Crippen molar-refractivity contribution in [2.45, 2.75) is 66.7 Å². The highest BCUT2D eigenvalue weighted by Crippen LogP contribution is 2.29. The highest BCUT2D eigenvalue weighted by molar-refractivity contribution is 9.10. The van der Waals surface area contributed by atoms with Gasteiger partial charge in [-0.15, -0.1) is 0 Å². The Morgan fingerprint density at radius 3 is 2.38 bits per heavy atom. The normalized spacial score (nSPS) is 15.2. The van der Waals surface area contributed by atoms with E-state index in [1.807, 2.05) is 6.92 Å². The first kappa shape index (κ1) is 18.7. The maximum atomic E-state index is 5.81. The van der Waals surface area contributed by atoms with E-state index in [1.54, 1.807) is 7.11 Å². The van der Waals surface area contributed by atoms with E-state index in [0.717, 1.165) is 29.7 Å². The third-order valence-electron chi connectivity index (χ3n) is 3.81. The van der Waals surface area contributed by atoms with Gasteiger partial charge in [0.05, 0.1) is 22.0 Å². The van der Waals surface area contributed by atoms with E-state index in [0.29, 0.717) is 0 Å². The fourth-order valence-electron chi connectivity index (χ4n) is 2.94. The molecule has 0 aromatic carbocycles. The molecule has 2 atom stereocenters. The van der Waals surface area contributed by atoms with Crippen LogP contribution in [0.5, 0.6) is 0 Å². The van der Waals surface area contributed by atoms with Crippen LogP contribution in [-0.4, -0.2) is 35.6 Å². The van der Waals surface area contributed by atoms with Crippen molar-refractivity contribution in [2.24, 2.45) is 5.41 Å². The van der Waals surface area contributed by atoms with Crippen LogP contribution in [0, 0.1) is 12.3 Å². The Hall–Kier alpha value is -0.390. The molecule has 21 heavy (non-hydrogen) atoms. The third kappa shape index (κ3) is 4.54. The molecular weight excluding hydrogens is 330 g/mol. The molecule has 1 aromatic heterocycles. The van der Waals surface area contributed by atoms with Gasteiger partial charge in [0.25, 0.3) is 0 Å². The van der Waals surface area contributed by atoms with Crippen LogP contribution in [0.4, 0.5) is 0 Å². The minimum atomic E-state index is 0.0835. The highest BCUT2D eigenvalue weighted by Gasteiger charge is 2.33. The van der Waals surface area contributed by atoms with E-state index in [2.05, 4.69) is 65.6 Å². The van der Waals surface area contributed by atoms with Crippen molar-refractivity contribution in [2.75, 3.05) is 13.7 Å². The molecule has 0 radical (unpaired) electrons. The number of aryl methyl sites for hydroxylation is 2. The second kappa shape index (κ2) is 7.75. The van der Waals surface area contributed by atoms with Gasteiger partial charge in [-0.05, 0) is 41.7 Å². The Bertz CT molecular complexity index is 451. The number of halogens is 1. The summed E-state index contributed by atoms with van der Waals surface area (Å²) in [5.74, 6) is 0. The number of hydrogen-bond donors (Lipinski definition) is 1. The summed E-state index contributed by atoms with van der Waals surface area (Å²) in [6.07, 6.45) is 1.05. The van der Waals surface area contributed by atoms with Crippen LogP contribution < -0.4 is 5.32 Å². The lowest BCUT2D eigenvalue weighted by atomic mass is 9.83. The van der Waals surface area contributed by atoms with Crippen LogP contribution in [0.1, 0.15) is 46.0 Å². The van der Waals surface area contributed by atoms with Crippen LogP contribution >= 0.6 is 15.9 Å². The first-order valence-electron chi connectivity index (χ1n) is 7.74. The largest absolute Gasteiger partial charge is 0.379 e. The molecule has 0 aliphatic heterocycles. The van der Waals surface area contributed by atoms with E-state index in [9.17, 15) is 0 Å². The second-order valence-corrected chi connectivity index (χ2v) is 7.35. The number of methoxy groups -OCH3 is 1. The molecule has 4 nitrogen and oxygen atoms in total. The molecule has 1 N–H and O–H groups in total. The van der Waals surface area contributed by atoms with Crippen molar-refractivity contribution in [3.05, 3.63) is 15.9 Å². The van der Waals surface area contributed by atoms with Gasteiger partial charge in [-0.1, -0.05) is 27.7 Å². The quantitative estimate of drug-likeness (QED) is 0.808. The average Bonchev–Trinajstić information content (AvgIpc) is 2.65. The number of ether oxygens (including phenoxy) is 1. The number of hydrogen-bond acceptors (Lipinski definition) is 3. The summed E-state index contributed by atoms with van der Waals surface area (Å²) < 4.78 is 9.02. The SMILES string of the molecule is CCNC(Cc1c(Br)c(C)nn1CC)C(OC)C(C)(C)C. The van der Waals surface area contributed by atoms with Gasteiger partial charge in [0.2, 0.25) is 0 Å². The van der Waals surface area contributed by atoms with Crippen LogP contribution in [-0.2, 0) is 17.7 Å². The minimum absolute atomic E-state index is 0.0835. The van der Waals surface area contributed by atoms with Gasteiger partial charge in [-0.3, -0.25) is 4.68 Å². The lowest BCUT2D eigenvalue weighted by Crippen LogP contribution is -2.49. The van der Waals surface area contributed by atoms with E-state index < -0.39 is 0 Å².